The smallest absolute Gasteiger partial charge is 0.251 e. The molecule has 8 heteroatoms. The Balaban J connectivity index is 1.22. The summed E-state index contributed by atoms with van der Waals surface area (Å²) in [5.74, 6) is -0.145. The number of nitrogens with zero attached hydrogens (tertiary/aromatic N) is 3. The van der Waals surface area contributed by atoms with Crippen LogP contribution in [0.3, 0.4) is 0 Å². The van der Waals surface area contributed by atoms with Gasteiger partial charge in [0.25, 0.3) is 5.91 Å². The molecule has 3 heterocycles. The highest BCUT2D eigenvalue weighted by atomic mass is 35.5. The van der Waals surface area contributed by atoms with E-state index in [1.807, 2.05) is 35.4 Å². The van der Waals surface area contributed by atoms with Crippen LogP contribution in [0.1, 0.15) is 32.6 Å². The maximum atomic E-state index is 13.0. The molecule has 5 rings (SSSR count). The van der Waals surface area contributed by atoms with Crippen molar-refractivity contribution in [2.45, 2.75) is 25.9 Å². The summed E-state index contributed by atoms with van der Waals surface area (Å²) in [6.07, 6.45) is 4.63. The number of hydrogen-bond donors (Lipinski definition) is 2. The summed E-state index contributed by atoms with van der Waals surface area (Å²) in [4.78, 5) is 31.8. The number of pyridine rings is 1. The molecule has 0 bridgehead atoms. The summed E-state index contributed by atoms with van der Waals surface area (Å²) in [5, 5.41) is 11.6. The van der Waals surface area contributed by atoms with Crippen molar-refractivity contribution >= 4 is 34.4 Å². The minimum absolute atomic E-state index is 0.0339. The van der Waals surface area contributed by atoms with Gasteiger partial charge in [0.15, 0.2) is 5.65 Å². The van der Waals surface area contributed by atoms with Crippen molar-refractivity contribution in [2.24, 2.45) is 0 Å². The number of rotatable bonds is 5. The molecule has 0 saturated carbocycles. The fraction of sp³-hybridized carbons (Fsp3) is 0.200. The Labute approximate surface area is 195 Å². The van der Waals surface area contributed by atoms with Gasteiger partial charge in [0.2, 0.25) is 5.91 Å². The third-order valence-electron chi connectivity index (χ3n) is 5.94. The molecule has 4 aromatic rings. The van der Waals surface area contributed by atoms with E-state index in [2.05, 4.69) is 20.5 Å². The number of benzene rings is 2. The molecule has 2 aromatic heterocycles. The molecule has 0 unspecified atom stereocenters. The third-order valence-corrected chi connectivity index (χ3v) is 6.19. The van der Waals surface area contributed by atoms with Crippen molar-refractivity contribution in [2.75, 3.05) is 6.54 Å². The summed E-state index contributed by atoms with van der Waals surface area (Å²) in [6, 6.07) is 14.6. The SMILES string of the molecule is O=C(NCc1ccc(Cl)cc1)c1cccc(CC(=O)N2CCc3c(cnc4[nH]ncc34)C2)c1. The number of nitrogens with one attached hydrogen (secondary N) is 2. The van der Waals surface area contributed by atoms with Crippen LogP contribution in [-0.4, -0.2) is 38.4 Å². The molecular formula is C25H22ClN5O2. The lowest BCUT2D eigenvalue weighted by atomic mass is 9.98. The lowest BCUT2D eigenvalue weighted by Crippen LogP contribution is -2.37. The highest BCUT2D eigenvalue weighted by Crippen LogP contribution is 2.25. The maximum absolute atomic E-state index is 13.0. The van der Waals surface area contributed by atoms with Crippen LogP contribution in [0.4, 0.5) is 0 Å². The average Bonchev–Trinajstić information content (AvgIpc) is 3.33. The molecule has 166 valence electrons. The molecule has 0 aliphatic carbocycles. The molecule has 0 atom stereocenters. The lowest BCUT2D eigenvalue weighted by molar-refractivity contribution is -0.131. The minimum Gasteiger partial charge on any atom is -0.348 e. The number of H-pyrrole nitrogens is 1. The van der Waals surface area contributed by atoms with Crippen LogP contribution < -0.4 is 5.32 Å². The van der Waals surface area contributed by atoms with Crippen molar-refractivity contribution in [1.29, 1.82) is 0 Å². The van der Waals surface area contributed by atoms with Gasteiger partial charge in [-0.3, -0.25) is 14.7 Å². The molecule has 33 heavy (non-hydrogen) atoms. The lowest BCUT2D eigenvalue weighted by Gasteiger charge is -2.29. The van der Waals surface area contributed by atoms with E-state index in [4.69, 9.17) is 11.6 Å². The Hall–Kier alpha value is -3.71. The van der Waals surface area contributed by atoms with Crippen molar-refractivity contribution in [3.05, 3.63) is 93.8 Å². The maximum Gasteiger partial charge on any atom is 0.251 e. The number of amides is 2. The van der Waals surface area contributed by atoms with Gasteiger partial charge in [0, 0.05) is 41.8 Å². The Morgan fingerprint density at radius 1 is 1.09 bits per heavy atom. The summed E-state index contributed by atoms with van der Waals surface area (Å²) in [5.41, 5.74) is 5.35. The topological polar surface area (TPSA) is 91.0 Å². The van der Waals surface area contributed by atoms with Crippen molar-refractivity contribution in [1.82, 2.24) is 25.4 Å². The Morgan fingerprint density at radius 2 is 1.94 bits per heavy atom. The molecule has 0 spiro atoms. The number of hydrogen-bond acceptors (Lipinski definition) is 4. The van der Waals surface area contributed by atoms with E-state index in [-0.39, 0.29) is 18.2 Å². The Morgan fingerprint density at radius 3 is 2.79 bits per heavy atom. The van der Waals surface area contributed by atoms with E-state index in [1.54, 1.807) is 30.5 Å². The first-order valence-electron chi connectivity index (χ1n) is 10.8. The molecule has 2 aromatic carbocycles. The second kappa shape index (κ2) is 9.03. The van der Waals surface area contributed by atoms with E-state index >= 15 is 0 Å². The van der Waals surface area contributed by atoms with Gasteiger partial charge in [0.1, 0.15) is 0 Å². The fourth-order valence-electron chi connectivity index (χ4n) is 4.16. The van der Waals surface area contributed by atoms with Gasteiger partial charge >= 0.3 is 0 Å². The van der Waals surface area contributed by atoms with E-state index in [1.165, 1.54) is 5.56 Å². The van der Waals surface area contributed by atoms with Gasteiger partial charge in [-0.1, -0.05) is 35.9 Å². The Kier molecular flexibility index (Phi) is 5.79. The van der Waals surface area contributed by atoms with Crippen LogP contribution >= 0.6 is 11.6 Å². The van der Waals surface area contributed by atoms with Crippen LogP contribution in [0.15, 0.2) is 60.9 Å². The first-order chi connectivity index (χ1) is 16.1. The van der Waals surface area contributed by atoms with Crippen molar-refractivity contribution < 1.29 is 9.59 Å². The molecule has 2 amide bonds. The second-order valence-corrected chi connectivity index (χ2v) is 8.58. The van der Waals surface area contributed by atoms with Crippen LogP contribution in [0.25, 0.3) is 11.0 Å². The van der Waals surface area contributed by atoms with E-state index in [0.717, 1.165) is 34.1 Å². The largest absolute Gasteiger partial charge is 0.348 e. The van der Waals surface area contributed by atoms with E-state index < -0.39 is 0 Å². The quantitative estimate of drug-likeness (QED) is 0.476. The van der Waals surface area contributed by atoms with Crippen LogP contribution in [-0.2, 0) is 30.7 Å². The summed E-state index contributed by atoms with van der Waals surface area (Å²) >= 11 is 5.90. The fourth-order valence-corrected chi connectivity index (χ4v) is 4.29. The number of fused-ring (bicyclic) bond motifs is 3. The van der Waals surface area contributed by atoms with Gasteiger partial charge in [-0.05, 0) is 52.9 Å². The van der Waals surface area contributed by atoms with Gasteiger partial charge in [0.05, 0.1) is 12.6 Å². The minimum atomic E-state index is -0.179. The van der Waals surface area contributed by atoms with E-state index in [0.29, 0.717) is 30.2 Å². The molecule has 0 saturated heterocycles. The van der Waals surface area contributed by atoms with E-state index in [9.17, 15) is 9.59 Å². The zero-order valence-corrected chi connectivity index (χ0v) is 18.6. The standard InChI is InChI=1S/C25H22ClN5O2/c26-20-6-4-16(5-7-20)12-28-25(33)18-3-1-2-17(10-18)11-23(32)31-9-8-21-19(15-31)13-27-24-22(21)14-29-30-24/h1-7,10,13-14H,8-9,11-12,15H2,(H,28,33)(H,27,29,30). The molecule has 2 N–H and O–H groups in total. The number of aromatic nitrogens is 3. The Bertz CT molecular complexity index is 1330. The van der Waals surface area contributed by atoms with Gasteiger partial charge in [-0.25, -0.2) is 4.98 Å². The zero-order valence-electron chi connectivity index (χ0n) is 17.8. The number of carbonyl (C=O) groups excluding carboxylic acids is 2. The summed E-state index contributed by atoms with van der Waals surface area (Å²) in [6.45, 7) is 1.59. The van der Waals surface area contributed by atoms with Crippen LogP contribution in [0, 0.1) is 0 Å². The molecule has 0 radical (unpaired) electrons. The van der Waals surface area contributed by atoms with Gasteiger partial charge in [-0.15, -0.1) is 0 Å². The highest BCUT2D eigenvalue weighted by molar-refractivity contribution is 6.30. The molecule has 1 aliphatic rings. The van der Waals surface area contributed by atoms with Gasteiger partial charge in [-0.2, -0.15) is 5.10 Å². The monoisotopic (exact) mass is 459 g/mol. The number of aromatic amines is 1. The molecule has 0 fully saturated rings. The van der Waals surface area contributed by atoms with Gasteiger partial charge < -0.3 is 10.2 Å². The summed E-state index contributed by atoms with van der Waals surface area (Å²) in [7, 11) is 0. The zero-order chi connectivity index (χ0) is 22.8. The third kappa shape index (κ3) is 4.59. The molecule has 1 aliphatic heterocycles. The van der Waals surface area contributed by atoms with Crippen molar-refractivity contribution in [3.8, 4) is 0 Å². The first-order valence-corrected chi connectivity index (χ1v) is 11.1. The average molecular weight is 460 g/mol. The van der Waals surface area contributed by atoms with Crippen LogP contribution in [0.2, 0.25) is 5.02 Å². The molecular weight excluding hydrogens is 438 g/mol. The second-order valence-electron chi connectivity index (χ2n) is 8.15. The number of halogens is 1. The predicted octanol–water partition coefficient (Wildman–Crippen LogP) is 3.67. The summed E-state index contributed by atoms with van der Waals surface area (Å²) < 4.78 is 0. The first kappa shape index (κ1) is 21.2. The van der Waals surface area contributed by atoms with Crippen molar-refractivity contribution in [3.63, 3.8) is 0 Å². The molecule has 7 nitrogen and oxygen atoms in total. The predicted molar refractivity (Wildman–Crippen MR) is 126 cm³/mol. The highest BCUT2D eigenvalue weighted by Gasteiger charge is 2.23. The number of carbonyl (C=O) groups is 2. The normalized spacial score (nSPS) is 13.1. The van der Waals surface area contributed by atoms with Crippen LogP contribution in [0.5, 0.6) is 0 Å².